The molecule has 0 saturated heterocycles. The molecule has 122 valence electrons. The molecule has 1 atom stereocenters. The van der Waals surface area contributed by atoms with Gasteiger partial charge in [0.05, 0.1) is 0 Å². The molecule has 0 bridgehead atoms. The highest BCUT2D eigenvalue weighted by atomic mass is 32.1. The lowest BCUT2D eigenvalue weighted by molar-refractivity contribution is 0.0265. The Hall–Kier alpha value is -1.33. The molecule has 1 aliphatic heterocycles. The molecular weight excluding hydrogens is 296 g/mol. The molecule has 0 aliphatic carbocycles. The van der Waals surface area contributed by atoms with E-state index in [1.54, 1.807) is 16.2 Å². The van der Waals surface area contributed by atoms with Crippen molar-refractivity contribution < 1.29 is 9.53 Å². The van der Waals surface area contributed by atoms with E-state index in [4.69, 9.17) is 4.74 Å². The standard InChI is InChI=1S/C17H26N2O2S/c1-13(15-7-10-22-12-15)18-11-14-5-8-19(9-6-14)16(20)21-17(2,3)4/h5,7,10,12-13,18H,6,8-9,11H2,1-4H3. The Balaban J connectivity index is 1.78. The molecule has 2 rings (SSSR count). The van der Waals surface area contributed by atoms with Crippen molar-refractivity contribution in [3.05, 3.63) is 34.0 Å². The monoisotopic (exact) mass is 322 g/mol. The van der Waals surface area contributed by atoms with Crippen molar-refractivity contribution >= 4 is 17.4 Å². The minimum atomic E-state index is -0.432. The third kappa shape index (κ3) is 5.14. The van der Waals surface area contributed by atoms with Crippen molar-refractivity contribution in [2.75, 3.05) is 19.6 Å². The number of ether oxygens (including phenoxy) is 1. The lowest BCUT2D eigenvalue weighted by Crippen LogP contribution is -2.40. The molecule has 22 heavy (non-hydrogen) atoms. The fourth-order valence-corrected chi connectivity index (χ4v) is 3.04. The molecule has 1 N–H and O–H groups in total. The van der Waals surface area contributed by atoms with Crippen LogP contribution in [-0.4, -0.2) is 36.2 Å². The lowest BCUT2D eigenvalue weighted by Gasteiger charge is -2.30. The van der Waals surface area contributed by atoms with E-state index in [1.165, 1.54) is 11.1 Å². The van der Waals surface area contributed by atoms with Gasteiger partial charge in [0.25, 0.3) is 0 Å². The molecule has 1 aliphatic rings. The maximum atomic E-state index is 12.0. The number of amides is 1. The SMILES string of the molecule is CC(NCC1=CCN(C(=O)OC(C)(C)C)CC1)c1ccsc1. The number of nitrogens with zero attached hydrogens (tertiary/aromatic N) is 1. The van der Waals surface area contributed by atoms with Crippen molar-refractivity contribution in [2.24, 2.45) is 0 Å². The van der Waals surface area contributed by atoms with Crippen LogP contribution in [0.15, 0.2) is 28.5 Å². The normalized spacial score (nSPS) is 17.1. The average molecular weight is 322 g/mol. The van der Waals surface area contributed by atoms with E-state index in [0.29, 0.717) is 12.6 Å². The summed E-state index contributed by atoms with van der Waals surface area (Å²) in [5, 5.41) is 7.82. The Bertz CT molecular complexity index is 517. The summed E-state index contributed by atoms with van der Waals surface area (Å²) in [6.07, 6.45) is 2.82. The summed E-state index contributed by atoms with van der Waals surface area (Å²) in [5.74, 6) is 0. The molecular formula is C17H26N2O2S. The van der Waals surface area contributed by atoms with Gasteiger partial charge >= 0.3 is 6.09 Å². The minimum Gasteiger partial charge on any atom is -0.444 e. The predicted octanol–water partition coefficient (Wildman–Crippen LogP) is 3.97. The Morgan fingerprint density at radius 3 is 2.82 bits per heavy atom. The van der Waals surface area contributed by atoms with Gasteiger partial charge in [-0.15, -0.1) is 0 Å². The number of thiophene rings is 1. The number of rotatable bonds is 4. The van der Waals surface area contributed by atoms with Gasteiger partial charge < -0.3 is 15.0 Å². The van der Waals surface area contributed by atoms with Crippen LogP contribution < -0.4 is 5.32 Å². The van der Waals surface area contributed by atoms with Crippen LogP contribution in [-0.2, 0) is 4.74 Å². The topological polar surface area (TPSA) is 41.6 Å². The first kappa shape index (κ1) is 17.0. The Morgan fingerprint density at radius 2 is 2.27 bits per heavy atom. The van der Waals surface area contributed by atoms with Gasteiger partial charge in [0.1, 0.15) is 5.60 Å². The summed E-state index contributed by atoms with van der Waals surface area (Å²) < 4.78 is 5.40. The summed E-state index contributed by atoms with van der Waals surface area (Å²) >= 11 is 1.72. The van der Waals surface area contributed by atoms with Crippen LogP contribution >= 0.6 is 11.3 Å². The molecule has 1 unspecified atom stereocenters. The van der Waals surface area contributed by atoms with Crippen LogP contribution in [0.3, 0.4) is 0 Å². The molecule has 2 heterocycles. The van der Waals surface area contributed by atoms with Crippen molar-refractivity contribution in [3.63, 3.8) is 0 Å². The molecule has 1 amide bonds. The van der Waals surface area contributed by atoms with Gasteiger partial charge in [-0.05, 0) is 56.5 Å². The van der Waals surface area contributed by atoms with Crippen LogP contribution in [0.4, 0.5) is 4.79 Å². The van der Waals surface area contributed by atoms with Gasteiger partial charge in [-0.1, -0.05) is 11.6 Å². The van der Waals surface area contributed by atoms with Crippen LogP contribution in [0.2, 0.25) is 0 Å². The fraction of sp³-hybridized carbons (Fsp3) is 0.588. The number of hydrogen-bond donors (Lipinski definition) is 1. The quantitative estimate of drug-likeness (QED) is 0.853. The number of nitrogens with one attached hydrogen (secondary N) is 1. The van der Waals surface area contributed by atoms with E-state index < -0.39 is 5.60 Å². The number of hydrogen-bond acceptors (Lipinski definition) is 4. The fourth-order valence-electron chi connectivity index (χ4n) is 2.29. The molecule has 1 aromatic rings. The summed E-state index contributed by atoms with van der Waals surface area (Å²) in [5.41, 5.74) is 2.26. The Kier molecular flexibility index (Phi) is 5.64. The third-order valence-electron chi connectivity index (χ3n) is 3.63. The van der Waals surface area contributed by atoms with E-state index in [1.807, 2.05) is 20.8 Å². The van der Waals surface area contributed by atoms with Crippen LogP contribution in [0.5, 0.6) is 0 Å². The minimum absolute atomic E-state index is 0.220. The first-order valence-electron chi connectivity index (χ1n) is 7.76. The van der Waals surface area contributed by atoms with Gasteiger partial charge in [0.15, 0.2) is 0 Å². The maximum Gasteiger partial charge on any atom is 0.410 e. The van der Waals surface area contributed by atoms with E-state index in [2.05, 4.69) is 35.1 Å². The summed E-state index contributed by atoms with van der Waals surface area (Å²) in [4.78, 5) is 13.8. The second-order valence-electron chi connectivity index (χ2n) is 6.70. The van der Waals surface area contributed by atoms with Crippen molar-refractivity contribution in [1.82, 2.24) is 10.2 Å². The molecule has 1 aromatic heterocycles. The van der Waals surface area contributed by atoms with Gasteiger partial charge in [-0.25, -0.2) is 4.79 Å². The molecule has 4 nitrogen and oxygen atoms in total. The second kappa shape index (κ2) is 7.29. The van der Waals surface area contributed by atoms with E-state index in [9.17, 15) is 4.79 Å². The van der Waals surface area contributed by atoms with Crippen molar-refractivity contribution in [3.8, 4) is 0 Å². The molecule has 0 spiro atoms. The highest BCUT2D eigenvalue weighted by molar-refractivity contribution is 7.07. The van der Waals surface area contributed by atoms with E-state index in [-0.39, 0.29) is 6.09 Å². The third-order valence-corrected chi connectivity index (χ3v) is 4.33. The van der Waals surface area contributed by atoms with Crippen LogP contribution in [0.25, 0.3) is 0 Å². The lowest BCUT2D eigenvalue weighted by atomic mass is 10.1. The molecule has 0 radical (unpaired) electrons. The zero-order valence-corrected chi connectivity index (χ0v) is 14.7. The van der Waals surface area contributed by atoms with Crippen LogP contribution in [0, 0.1) is 0 Å². The van der Waals surface area contributed by atoms with Gasteiger partial charge in [0, 0.05) is 25.7 Å². The van der Waals surface area contributed by atoms with Crippen LogP contribution in [0.1, 0.15) is 45.7 Å². The zero-order chi connectivity index (χ0) is 16.2. The molecule has 0 fully saturated rings. The zero-order valence-electron chi connectivity index (χ0n) is 13.9. The summed E-state index contributed by atoms with van der Waals surface area (Å²) in [6, 6.07) is 2.51. The van der Waals surface area contributed by atoms with Crippen molar-refractivity contribution in [1.29, 1.82) is 0 Å². The Labute approximate surface area is 137 Å². The summed E-state index contributed by atoms with van der Waals surface area (Å²) in [7, 11) is 0. The Morgan fingerprint density at radius 1 is 1.50 bits per heavy atom. The van der Waals surface area contributed by atoms with Gasteiger partial charge in [0.2, 0.25) is 0 Å². The average Bonchev–Trinajstić information content (AvgIpc) is 2.97. The molecule has 5 heteroatoms. The highest BCUT2D eigenvalue weighted by Crippen LogP contribution is 2.18. The summed E-state index contributed by atoms with van der Waals surface area (Å²) in [6.45, 7) is 10.1. The highest BCUT2D eigenvalue weighted by Gasteiger charge is 2.23. The number of carbonyl (C=O) groups is 1. The largest absolute Gasteiger partial charge is 0.444 e. The molecule has 0 saturated carbocycles. The van der Waals surface area contributed by atoms with E-state index >= 15 is 0 Å². The first-order valence-corrected chi connectivity index (χ1v) is 8.71. The molecule has 0 aromatic carbocycles. The van der Waals surface area contributed by atoms with E-state index in [0.717, 1.165) is 19.5 Å². The maximum absolute atomic E-state index is 12.0. The second-order valence-corrected chi connectivity index (χ2v) is 7.48. The first-order chi connectivity index (χ1) is 10.3. The predicted molar refractivity (Wildman–Crippen MR) is 91.2 cm³/mol. The van der Waals surface area contributed by atoms with Gasteiger partial charge in [-0.2, -0.15) is 11.3 Å². The smallest absolute Gasteiger partial charge is 0.410 e. The van der Waals surface area contributed by atoms with Gasteiger partial charge in [-0.3, -0.25) is 0 Å². The van der Waals surface area contributed by atoms with Crippen molar-refractivity contribution in [2.45, 2.75) is 45.8 Å². The number of carbonyl (C=O) groups excluding carboxylic acids is 1.